The smallest absolute Gasteiger partial charge is 0.414 e. The lowest BCUT2D eigenvalue weighted by molar-refractivity contribution is 0.0580. The number of para-hydroxylation sites is 1. The van der Waals surface area contributed by atoms with Crippen LogP contribution in [-0.2, 0) is 11.2 Å². The highest BCUT2D eigenvalue weighted by Crippen LogP contribution is 2.27. The van der Waals surface area contributed by atoms with E-state index in [9.17, 15) is 4.79 Å². The lowest BCUT2D eigenvalue weighted by Crippen LogP contribution is -2.37. The number of carbonyl (C=O) groups is 1. The summed E-state index contributed by atoms with van der Waals surface area (Å²) in [6.07, 6.45) is 2.94. The van der Waals surface area contributed by atoms with Gasteiger partial charge in [-0.15, -0.1) is 0 Å². The molecule has 3 heteroatoms. The minimum atomic E-state index is -0.446. The fourth-order valence-electron chi connectivity index (χ4n) is 2.20. The molecule has 3 nitrogen and oxygen atoms in total. The first-order valence-electron chi connectivity index (χ1n) is 6.56. The summed E-state index contributed by atoms with van der Waals surface area (Å²) in [4.78, 5) is 14.0. The Morgan fingerprint density at radius 3 is 2.67 bits per heavy atom. The maximum absolute atomic E-state index is 12.2. The standard InChI is InChI=1S/C15H21NO2/c1-15(2,3)18-14(17)16-11-7-6-9-12-8-4-5-10-13(12)16/h4-5,8,10H,6-7,9,11H2,1-3H3. The number of aryl methyl sites for hydroxylation is 1. The van der Waals surface area contributed by atoms with Crippen molar-refractivity contribution in [2.24, 2.45) is 0 Å². The van der Waals surface area contributed by atoms with Crippen molar-refractivity contribution >= 4 is 11.8 Å². The van der Waals surface area contributed by atoms with Gasteiger partial charge in [0, 0.05) is 6.54 Å². The molecule has 1 aliphatic rings. The third-order valence-electron chi connectivity index (χ3n) is 2.97. The van der Waals surface area contributed by atoms with Crippen LogP contribution in [0.1, 0.15) is 39.2 Å². The van der Waals surface area contributed by atoms with Crippen molar-refractivity contribution in [3.8, 4) is 0 Å². The third kappa shape index (κ3) is 3.03. The van der Waals surface area contributed by atoms with Crippen molar-refractivity contribution in [1.29, 1.82) is 0 Å². The van der Waals surface area contributed by atoms with E-state index in [0.29, 0.717) is 0 Å². The van der Waals surface area contributed by atoms with Crippen LogP contribution in [0.2, 0.25) is 0 Å². The van der Waals surface area contributed by atoms with E-state index < -0.39 is 5.60 Å². The predicted molar refractivity (Wildman–Crippen MR) is 73.0 cm³/mol. The van der Waals surface area contributed by atoms with Gasteiger partial charge in [0.1, 0.15) is 5.60 Å². The van der Waals surface area contributed by atoms with Crippen molar-refractivity contribution in [2.75, 3.05) is 11.4 Å². The molecule has 0 N–H and O–H groups in total. The van der Waals surface area contributed by atoms with Gasteiger partial charge in [-0.25, -0.2) is 4.79 Å². The molecule has 0 spiro atoms. The van der Waals surface area contributed by atoms with Crippen molar-refractivity contribution in [1.82, 2.24) is 0 Å². The van der Waals surface area contributed by atoms with Gasteiger partial charge in [-0.1, -0.05) is 18.2 Å². The Bertz CT molecular complexity index is 434. The first kappa shape index (κ1) is 12.9. The van der Waals surface area contributed by atoms with Crippen LogP contribution in [0.15, 0.2) is 24.3 Å². The normalized spacial score (nSPS) is 15.8. The third-order valence-corrected chi connectivity index (χ3v) is 2.97. The number of benzene rings is 1. The Morgan fingerprint density at radius 2 is 1.94 bits per heavy atom. The number of fused-ring (bicyclic) bond motifs is 1. The van der Waals surface area contributed by atoms with E-state index in [2.05, 4.69) is 6.07 Å². The van der Waals surface area contributed by atoms with E-state index in [-0.39, 0.29) is 6.09 Å². The van der Waals surface area contributed by atoms with Crippen molar-refractivity contribution in [2.45, 2.75) is 45.6 Å². The average Bonchev–Trinajstić information content (AvgIpc) is 2.48. The highest BCUT2D eigenvalue weighted by atomic mass is 16.6. The summed E-state index contributed by atoms with van der Waals surface area (Å²) in [6.45, 7) is 6.43. The minimum absolute atomic E-state index is 0.239. The van der Waals surface area contributed by atoms with Gasteiger partial charge in [-0.2, -0.15) is 0 Å². The SMILES string of the molecule is CC(C)(C)OC(=O)N1CCCCc2ccccc21. The molecule has 2 rings (SSSR count). The van der Waals surface area contributed by atoms with Crippen LogP contribution in [0.5, 0.6) is 0 Å². The topological polar surface area (TPSA) is 29.5 Å². The zero-order valence-corrected chi connectivity index (χ0v) is 11.4. The molecule has 0 fully saturated rings. The van der Waals surface area contributed by atoms with Crippen LogP contribution in [0.25, 0.3) is 0 Å². The summed E-state index contributed by atoms with van der Waals surface area (Å²) in [7, 11) is 0. The molecule has 1 aromatic rings. The summed E-state index contributed by atoms with van der Waals surface area (Å²) in [5.74, 6) is 0. The van der Waals surface area contributed by atoms with E-state index in [1.165, 1.54) is 5.56 Å². The molecule has 1 aliphatic heterocycles. The fraction of sp³-hybridized carbons (Fsp3) is 0.533. The molecule has 0 aromatic heterocycles. The van der Waals surface area contributed by atoms with Gasteiger partial charge in [0.15, 0.2) is 0 Å². The Balaban J connectivity index is 2.25. The number of hydrogen-bond donors (Lipinski definition) is 0. The maximum Gasteiger partial charge on any atom is 0.414 e. The van der Waals surface area contributed by atoms with Gasteiger partial charge < -0.3 is 4.74 Å². The first-order valence-corrected chi connectivity index (χ1v) is 6.56. The Labute approximate surface area is 109 Å². The summed E-state index contributed by atoms with van der Waals surface area (Å²) >= 11 is 0. The molecule has 0 aliphatic carbocycles. The van der Waals surface area contributed by atoms with Gasteiger partial charge in [-0.3, -0.25) is 4.90 Å². The van der Waals surface area contributed by atoms with E-state index in [1.54, 1.807) is 4.90 Å². The van der Waals surface area contributed by atoms with Crippen molar-refractivity contribution in [3.05, 3.63) is 29.8 Å². The lowest BCUT2D eigenvalue weighted by Gasteiger charge is -2.27. The second kappa shape index (κ2) is 5.01. The molecule has 98 valence electrons. The number of amides is 1. The highest BCUT2D eigenvalue weighted by molar-refractivity contribution is 5.89. The first-order chi connectivity index (χ1) is 8.47. The number of carbonyl (C=O) groups excluding carboxylic acids is 1. The van der Waals surface area contributed by atoms with Crippen LogP contribution in [0.4, 0.5) is 10.5 Å². The van der Waals surface area contributed by atoms with Gasteiger partial charge in [-0.05, 0) is 51.7 Å². The van der Waals surface area contributed by atoms with Crippen molar-refractivity contribution in [3.63, 3.8) is 0 Å². The Kier molecular flexibility index (Phi) is 3.60. The number of anilines is 1. The molecular weight excluding hydrogens is 226 g/mol. The highest BCUT2D eigenvalue weighted by Gasteiger charge is 2.25. The number of hydrogen-bond acceptors (Lipinski definition) is 2. The van der Waals surface area contributed by atoms with Crippen LogP contribution in [-0.4, -0.2) is 18.2 Å². The van der Waals surface area contributed by atoms with Crippen LogP contribution >= 0.6 is 0 Å². The molecule has 0 unspecified atom stereocenters. The Morgan fingerprint density at radius 1 is 1.22 bits per heavy atom. The van der Waals surface area contributed by atoms with Crippen LogP contribution in [0, 0.1) is 0 Å². The van der Waals surface area contributed by atoms with Crippen LogP contribution < -0.4 is 4.90 Å². The molecule has 0 atom stereocenters. The molecule has 0 bridgehead atoms. The van der Waals surface area contributed by atoms with E-state index >= 15 is 0 Å². The molecular formula is C15H21NO2. The number of nitrogens with zero attached hydrogens (tertiary/aromatic N) is 1. The van der Waals surface area contributed by atoms with Crippen LogP contribution in [0.3, 0.4) is 0 Å². The van der Waals surface area contributed by atoms with Gasteiger partial charge >= 0.3 is 6.09 Å². The van der Waals surface area contributed by atoms with Gasteiger partial charge in [0.05, 0.1) is 5.69 Å². The zero-order valence-electron chi connectivity index (χ0n) is 11.4. The van der Waals surface area contributed by atoms with E-state index in [4.69, 9.17) is 4.74 Å². The number of ether oxygens (including phenoxy) is 1. The van der Waals surface area contributed by atoms with E-state index in [0.717, 1.165) is 31.5 Å². The second-order valence-electron chi connectivity index (χ2n) is 5.72. The van der Waals surface area contributed by atoms with Gasteiger partial charge in [0.2, 0.25) is 0 Å². The molecule has 0 saturated carbocycles. The molecule has 1 heterocycles. The molecule has 1 amide bonds. The summed E-state index contributed by atoms with van der Waals surface area (Å²) in [6, 6.07) is 8.10. The quantitative estimate of drug-likeness (QED) is 0.698. The molecule has 0 saturated heterocycles. The van der Waals surface area contributed by atoms with Crippen molar-refractivity contribution < 1.29 is 9.53 Å². The molecule has 0 radical (unpaired) electrons. The van der Waals surface area contributed by atoms with E-state index in [1.807, 2.05) is 39.0 Å². The average molecular weight is 247 g/mol. The number of rotatable bonds is 0. The predicted octanol–water partition coefficient (Wildman–Crippen LogP) is 3.76. The Hall–Kier alpha value is -1.51. The second-order valence-corrected chi connectivity index (χ2v) is 5.72. The summed E-state index contributed by atoms with van der Waals surface area (Å²) in [5, 5.41) is 0. The lowest BCUT2D eigenvalue weighted by atomic mass is 10.1. The van der Waals surface area contributed by atoms with Gasteiger partial charge in [0.25, 0.3) is 0 Å². The molecule has 1 aromatic carbocycles. The fourth-order valence-corrected chi connectivity index (χ4v) is 2.20. The summed E-state index contributed by atoms with van der Waals surface area (Å²) in [5.41, 5.74) is 1.79. The largest absolute Gasteiger partial charge is 0.443 e. The maximum atomic E-state index is 12.2. The monoisotopic (exact) mass is 247 g/mol. The molecule has 18 heavy (non-hydrogen) atoms. The summed E-state index contributed by atoms with van der Waals surface area (Å²) < 4.78 is 5.48. The zero-order chi connectivity index (χ0) is 13.2. The minimum Gasteiger partial charge on any atom is -0.443 e.